The van der Waals surface area contributed by atoms with Crippen LogP contribution in [-0.2, 0) is 20.9 Å². The summed E-state index contributed by atoms with van der Waals surface area (Å²) < 4.78 is 6.45. The predicted octanol–water partition coefficient (Wildman–Crippen LogP) is 6.71. The number of benzene rings is 3. The molecule has 0 radical (unpaired) electrons. The lowest BCUT2D eigenvalue weighted by atomic mass is 9.70. The highest BCUT2D eigenvalue weighted by atomic mass is 16.5. The Kier molecular flexibility index (Phi) is 8.43. The Labute approximate surface area is 266 Å². The van der Waals surface area contributed by atoms with Gasteiger partial charge in [-0.15, -0.1) is 0 Å². The fourth-order valence-electron chi connectivity index (χ4n) is 8.23. The first-order chi connectivity index (χ1) is 22.0. The molecule has 3 aromatic rings. The van der Waals surface area contributed by atoms with Crippen molar-refractivity contribution in [1.82, 2.24) is 9.80 Å². The molecule has 1 aliphatic carbocycles. The molecule has 45 heavy (non-hydrogen) atoms. The van der Waals surface area contributed by atoms with Gasteiger partial charge in [0.25, 0.3) is 0 Å². The molecule has 3 saturated heterocycles. The number of likely N-dealkylation sites (tertiary alicyclic amines) is 2. The Balaban J connectivity index is 1.04. The van der Waals surface area contributed by atoms with E-state index in [4.69, 9.17) is 4.74 Å². The maximum absolute atomic E-state index is 14.0. The molecule has 3 fully saturated rings. The van der Waals surface area contributed by atoms with Crippen LogP contribution < -0.4 is 0 Å². The van der Waals surface area contributed by atoms with Gasteiger partial charge in [0.05, 0.1) is 24.5 Å². The van der Waals surface area contributed by atoms with Gasteiger partial charge in [-0.2, -0.15) is 0 Å². The minimum atomic E-state index is -0.311. The number of allylic oxidation sites excluding steroid dienone is 2. The van der Waals surface area contributed by atoms with E-state index in [0.29, 0.717) is 13.0 Å². The molecule has 3 aliphatic heterocycles. The highest BCUT2D eigenvalue weighted by Crippen LogP contribution is 2.50. The molecule has 3 aromatic carbocycles. The normalized spacial score (nSPS) is 26.0. The Bertz CT molecular complexity index is 1610. The van der Waals surface area contributed by atoms with Crippen LogP contribution in [0.3, 0.4) is 0 Å². The van der Waals surface area contributed by atoms with Gasteiger partial charge < -0.3 is 9.84 Å². The van der Waals surface area contributed by atoms with Crippen molar-refractivity contribution in [2.45, 2.75) is 57.7 Å². The molecular weight excluding hydrogens is 560 g/mol. The number of carbonyl (C=O) groups is 2. The molecule has 3 heterocycles. The summed E-state index contributed by atoms with van der Waals surface area (Å²) in [5, 5.41) is 10.5. The van der Waals surface area contributed by atoms with Gasteiger partial charge in [0.2, 0.25) is 11.8 Å². The molecule has 7 rings (SSSR count). The van der Waals surface area contributed by atoms with Crippen molar-refractivity contribution in [3.8, 4) is 5.75 Å². The van der Waals surface area contributed by atoms with E-state index in [1.165, 1.54) is 16.7 Å². The predicted molar refractivity (Wildman–Crippen MR) is 176 cm³/mol. The van der Waals surface area contributed by atoms with Gasteiger partial charge in [-0.3, -0.25) is 19.4 Å². The molecule has 0 bridgehead atoms. The molecule has 4 atom stereocenters. The van der Waals surface area contributed by atoms with Gasteiger partial charge in [-0.1, -0.05) is 84.4 Å². The molecule has 1 N–H and O–H groups in total. The van der Waals surface area contributed by atoms with Crippen LogP contribution in [0.2, 0.25) is 0 Å². The van der Waals surface area contributed by atoms with Crippen LogP contribution in [-0.4, -0.2) is 58.6 Å². The molecule has 4 aliphatic rings. The van der Waals surface area contributed by atoms with Crippen LogP contribution in [0.5, 0.6) is 5.75 Å². The zero-order chi connectivity index (χ0) is 30.9. The summed E-state index contributed by atoms with van der Waals surface area (Å²) in [5.41, 5.74) is 6.80. The first kappa shape index (κ1) is 29.7. The average Bonchev–Trinajstić information content (AvgIpc) is 3.60. The van der Waals surface area contributed by atoms with Gasteiger partial charge in [-0.25, -0.2) is 0 Å². The molecule has 6 heteroatoms. The average molecular weight is 603 g/mol. The van der Waals surface area contributed by atoms with Crippen LogP contribution in [0.1, 0.15) is 55.7 Å². The molecule has 0 unspecified atom stereocenters. The highest BCUT2D eigenvalue weighted by Gasteiger charge is 2.57. The first-order valence-corrected chi connectivity index (χ1v) is 16.5. The zero-order valence-electron chi connectivity index (χ0n) is 26.0. The number of rotatable bonds is 8. The second kappa shape index (κ2) is 12.8. The third-order valence-electron chi connectivity index (χ3n) is 10.4. The van der Waals surface area contributed by atoms with Crippen molar-refractivity contribution >= 4 is 23.5 Å². The van der Waals surface area contributed by atoms with Crippen LogP contribution in [0.4, 0.5) is 0 Å². The van der Waals surface area contributed by atoms with Gasteiger partial charge in [0.15, 0.2) is 0 Å². The molecule has 232 valence electrons. The fraction of sp³-hybridized carbons (Fsp3) is 0.385. The van der Waals surface area contributed by atoms with E-state index in [1.54, 1.807) is 11.0 Å². The number of piperidine rings is 1. The molecule has 0 aromatic heterocycles. The van der Waals surface area contributed by atoms with Crippen molar-refractivity contribution in [2.75, 3.05) is 19.7 Å². The van der Waals surface area contributed by atoms with Crippen LogP contribution in [0.15, 0.2) is 96.1 Å². The zero-order valence-corrected chi connectivity index (χ0v) is 26.0. The summed E-state index contributed by atoms with van der Waals surface area (Å²) in [4.78, 5) is 32.0. The van der Waals surface area contributed by atoms with E-state index in [2.05, 4.69) is 54.3 Å². The Morgan fingerprint density at radius 2 is 1.58 bits per heavy atom. The topological polar surface area (TPSA) is 70.1 Å². The van der Waals surface area contributed by atoms with Crippen molar-refractivity contribution in [2.24, 2.45) is 17.8 Å². The van der Waals surface area contributed by atoms with E-state index in [1.807, 2.05) is 42.5 Å². The fourth-order valence-corrected chi connectivity index (χ4v) is 8.23. The number of hydrogen-bond donors (Lipinski definition) is 1. The second-order valence-electron chi connectivity index (χ2n) is 13.2. The van der Waals surface area contributed by atoms with Crippen molar-refractivity contribution in [3.63, 3.8) is 0 Å². The molecule has 6 nitrogen and oxygen atoms in total. The maximum Gasteiger partial charge on any atom is 0.234 e. The van der Waals surface area contributed by atoms with Crippen LogP contribution in [0.25, 0.3) is 11.6 Å². The number of para-hydroxylation sites is 1. The summed E-state index contributed by atoms with van der Waals surface area (Å²) in [6.07, 6.45) is 5.84. The number of imide groups is 1. The van der Waals surface area contributed by atoms with Crippen LogP contribution in [0, 0.1) is 17.8 Å². The number of amides is 2. The maximum atomic E-state index is 14.0. The quantitative estimate of drug-likeness (QED) is 0.176. The van der Waals surface area contributed by atoms with E-state index in [0.717, 1.165) is 62.0 Å². The van der Waals surface area contributed by atoms with Crippen molar-refractivity contribution in [3.05, 3.63) is 113 Å². The number of nitrogens with zero attached hydrogens (tertiary/aromatic N) is 2. The number of aromatic hydroxyl groups is 1. The lowest BCUT2D eigenvalue weighted by molar-refractivity contribution is -0.144. The van der Waals surface area contributed by atoms with Gasteiger partial charge in [0.1, 0.15) is 5.75 Å². The minimum Gasteiger partial charge on any atom is -0.507 e. The Hall–Kier alpha value is -4.00. The van der Waals surface area contributed by atoms with E-state index in [-0.39, 0.29) is 47.5 Å². The van der Waals surface area contributed by atoms with Crippen molar-refractivity contribution < 1.29 is 19.4 Å². The van der Waals surface area contributed by atoms with E-state index >= 15 is 0 Å². The van der Waals surface area contributed by atoms with Gasteiger partial charge in [-0.05, 0) is 73.4 Å². The SMILES string of the molecule is CC1=C2[C@@H](CC/C(=C/c3ccccc3O)c3ccccc3)OC[C@@H]2[C@@H]2C(=O)N(C3CCN(Cc4ccccc4)CC3)C(=O)[C@@H]2C1. The molecule has 0 spiro atoms. The smallest absolute Gasteiger partial charge is 0.234 e. The number of phenols is 1. The summed E-state index contributed by atoms with van der Waals surface area (Å²) >= 11 is 0. The molecule has 0 saturated carbocycles. The Morgan fingerprint density at radius 3 is 2.31 bits per heavy atom. The first-order valence-electron chi connectivity index (χ1n) is 16.5. The molecular formula is C39H42N2O4. The molecule has 2 amide bonds. The third kappa shape index (κ3) is 5.89. The monoisotopic (exact) mass is 602 g/mol. The van der Waals surface area contributed by atoms with E-state index < -0.39 is 0 Å². The number of carbonyl (C=O) groups excluding carboxylic acids is 2. The standard InChI is InChI=1S/C39H42N2O4/c1-26-22-32-37(39(44)41(38(32)43)31-18-20-40(21-19-31)24-27-10-4-2-5-11-27)33-25-45-35(36(26)33)17-16-29(28-12-6-3-7-13-28)23-30-14-8-9-15-34(30)42/h2-15,23,31-33,35,37,42H,16-22,24-25H2,1H3/b29-23-/t32-,33+,35-,37-/m1/s1. The van der Waals surface area contributed by atoms with Crippen LogP contribution >= 0.6 is 0 Å². The van der Waals surface area contributed by atoms with Crippen molar-refractivity contribution in [1.29, 1.82) is 0 Å². The lowest BCUT2D eigenvalue weighted by Gasteiger charge is -2.36. The van der Waals surface area contributed by atoms with E-state index in [9.17, 15) is 14.7 Å². The highest BCUT2D eigenvalue weighted by molar-refractivity contribution is 6.06. The number of fused-ring (bicyclic) bond motifs is 3. The largest absolute Gasteiger partial charge is 0.507 e. The summed E-state index contributed by atoms with van der Waals surface area (Å²) in [5.74, 6) is -0.294. The summed E-state index contributed by atoms with van der Waals surface area (Å²) in [6, 6.07) is 28.2. The van der Waals surface area contributed by atoms with Gasteiger partial charge in [0, 0.05) is 37.2 Å². The number of ether oxygens (including phenoxy) is 1. The third-order valence-corrected chi connectivity index (χ3v) is 10.4. The summed E-state index contributed by atoms with van der Waals surface area (Å²) in [6.45, 7) is 5.31. The lowest BCUT2D eigenvalue weighted by Crippen LogP contribution is -2.47. The minimum absolute atomic E-state index is 0.0162. The number of phenolic OH excluding ortho intramolecular Hbond substituents is 1. The van der Waals surface area contributed by atoms with Gasteiger partial charge >= 0.3 is 0 Å². The number of hydrogen-bond acceptors (Lipinski definition) is 5. The Morgan fingerprint density at radius 1 is 0.889 bits per heavy atom. The second-order valence-corrected chi connectivity index (χ2v) is 13.2. The summed E-state index contributed by atoms with van der Waals surface area (Å²) in [7, 11) is 0.